The summed E-state index contributed by atoms with van der Waals surface area (Å²) in [7, 11) is 0. The first-order valence-corrected chi connectivity index (χ1v) is 7.94. The molecule has 1 aliphatic heterocycles. The molecule has 0 amide bonds. The van der Waals surface area contributed by atoms with E-state index in [1.165, 1.54) is 0 Å². The summed E-state index contributed by atoms with van der Waals surface area (Å²) in [5, 5.41) is 13.6. The number of aromatic nitrogens is 3. The van der Waals surface area contributed by atoms with Crippen LogP contribution in [0.5, 0.6) is 5.75 Å². The highest BCUT2D eigenvalue weighted by Gasteiger charge is 2.48. The normalized spacial score (nSPS) is 20.3. The molecule has 0 aromatic carbocycles. The van der Waals surface area contributed by atoms with Gasteiger partial charge in [-0.3, -0.25) is 4.98 Å². The lowest BCUT2D eigenvalue weighted by Gasteiger charge is -2.40. The van der Waals surface area contributed by atoms with Crippen LogP contribution in [0.1, 0.15) is 18.7 Å². The summed E-state index contributed by atoms with van der Waals surface area (Å²) in [5.41, 5.74) is -1.13. The molecule has 0 bridgehead atoms. The van der Waals surface area contributed by atoms with Crippen molar-refractivity contribution in [2.45, 2.75) is 30.5 Å². The SMILES string of the molecule is OC1(c2nc(-c3cc(OCC(F)(F)F)c(N4CC(F)(F)C4)cn3)no2)CC1. The molecule has 7 nitrogen and oxygen atoms in total. The molecule has 0 radical (unpaired) electrons. The first-order chi connectivity index (χ1) is 12.5. The van der Waals surface area contributed by atoms with E-state index < -0.39 is 37.4 Å². The zero-order valence-electron chi connectivity index (χ0n) is 13.6. The fourth-order valence-electron chi connectivity index (χ4n) is 2.60. The van der Waals surface area contributed by atoms with Gasteiger partial charge in [-0.15, -0.1) is 0 Å². The van der Waals surface area contributed by atoms with Gasteiger partial charge in [-0.25, -0.2) is 8.78 Å². The molecule has 1 N–H and O–H groups in total. The van der Waals surface area contributed by atoms with Gasteiger partial charge in [0, 0.05) is 6.07 Å². The number of nitrogens with zero attached hydrogens (tertiary/aromatic N) is 4. The Morgan fingerprint density at radius 2 is 1.96 bits per heavy atom. The quantitative estimate of drug-likeness (QED) is 0.783. The van der Waals surface area contributed by atoms with Crippen LogP contribution in [0.4, 0.5) is 27.6 Å². The Morgan fingerprint density at radius 3 is 2.56 bits per heavy atom. The minimum Gasteiger partial charge on any atom is -0.482 e. The van der Waals surface area contributed by atoms with Crippen LogP contribution < -0.4 is 9.64 Å². The van der Waals surface area contributed by atoms with Crippen LogP contribution in [0.15, 0.2) is 16.8 Å². The van der Waals surface area contributed by atoms with E-state index in [4.69, 9.17) is 9.26 Å². The highest BCUT2D eigenvalue weighted by Crippen LogP contribution is 2.45. The first-order valence-electron chi connectivity index (χ1n) is 7.94. The van der Waals surface area contributed by atoms with Gasteiger partial charge in [0.05, 0.1) is 25.0 Å². The number of hydrogen-bond acceptors (Lipinski definition) is 7. The van der Waals surface area contributed by atoms with Crippen LogP contribution in [0.3, 0.4) is 0 Å². The summed E-state index contributed by atoms with van der Waals surface area (Å²) >= 11 is 0. The number of anilines is 1. The Kier molecular flexibility index (Phi) is 3.81. The fraction of sp³-hybridized carbons (Fsp3) is 0.533. The molecular weight excluding hydrogens is 379 g/mol. The number of aliphatic hydroxyl groups is 1. The molecule has 27 heavy (non-hydrogen) atoms. The molecule has 2 fully saturated rings. The van der Waals surface area contributed by atoms with Gasteiger partial charge in [-0.05, 0) is 12.8 Å². The number of ether oxygens (including phenoxy) is 1. The molecule has 1 saturated heterocycles. The number of rotatable bonds is 5. The van der Waals surface area contributed by atoms with Crippen molar-refractivity contribution in [2.24, 2.45) is 0 Å². The topological polar surface area (TPSA) is 84.5 Å². The van der Waals surface area contributed by atoms with Crippen molar-refractivity contribution in [3.8, 4) is 17.3 Å². The Hall–Kier alpha value is -2.50. The predicted molar refractivity (Wildman–Crippen MR) is 79.4 cm³/mol. The summed E-state index contributed by atoms with van der Waals surface area (Å²) in [6.45, 7) is -2.88. The third-order valence-electron chi connectivity index (χ3n) is 4.20. The lowest BCUT2D eigenvalue weighted by atomic mass is 10.1. The smallest absolute Gasteiger partial charge is 0.422 e. The summed E-state index contributed by atoms with van der Waals surface area (Å²) in [6, 6.07) is 1.13. The number of alkyl halides is 5. The molecule has 3 heterocycles. The molecule has 0 unspecified atom stereocenters. The highest BCUT2D eigenvalue weighted by molar-refractivity contribution is 5.65. The number of pyridine rings is 1. The van der Waals surface area contributed by atoms with Gasteiger partial charge in [-0.1, -0.05) is 5.16 Å². The van der Waals surface area contributed by atoms with E-state index in [1.807, 2.05) is 0 Å². The van der Waals surface area contributed by atoms with Crippen molar-refractivity contribution in [2.75, 3.05) is 24.6 Å². The monoisotopic (exact) mass is 392 g/mol. The van der Waals surface area contributed by atoms with Gasteiger partial charge >= 0.3 is 6.18 Å². The standard InChI is InChI=1S/C15H13F5N4O3/c16-14(17)5-24(6-14)9-4-21-8(3-10(9)26-7-15(18,19)20)11-22-12(27-23-11)13(25)1-2-13/h3-4,25H,1-2,5-7H2. The fourth-order valence-corrected chi connectivity index (χ4v) is 2.60. The number of hydrogen-bond donors (Lipinski definition) is 1. The zero-order valence-corrected chi connectivity index (χ0v) is 13.6. The Labute approximate surface area is 148 Å². The van der Waals surface area contributed by atoms with Gasteiger partial charge < -0.3 is 19.3 Å². The third kappa shape index (κ3) is 3.66. The van der Waals surface area contributed by atoms with Gasteiger partial charge in [0.25, 0.3) is 11.8 Å². The molecule has 2 aliphatic rings. The van der Waals surface area contributed by atoms with Gasteiger partial charge in [0.2, 0.25) is 5.82 Å². The maximum absolute atomic E-state index is 13.1. The summed E-state index contributed by atoms with van der Waals surface area (Å²) in [6.07, 6.45) is -2.56. The van der Waals surface area contributed by atoms with Crippen LogP contribution in [0.25, 0.3) is 11.5 Å². The summed E-state index contributed by atoms with van der Waals surface area (Å²) in [4.78, 5) is 9.16. The second kappa shape index (κ2) is 5.75. The molecule has 1 aliphatic carbocycles. The van der Waals surface area contributed by atoms with E-state index >= 15 is 0 Å². The van der Waals surface area contributed by atoms with E-state index in [2.05, 4.69) is 15.1 Å². The van der Waals surface area contributed by atoms with Gasteiger partial charge in [0.15, 0.2) is 6.61 Å². The first kappa shape index (κ1) is 17.9. The van der Waals surface area contributed by atoms with E-state index in [1.54, 1.807) is 0 Å². The van der Waals surface area contributed by atoms with E-state index in [-0.39, 0.29) is 28.8 Å². The molecule has 2 aromatic rings. The minimum atomic E-state index is -4.60. The van der Waals surface area contributed by atoms with Crippen LogP contribution in [-0.2, 0) is 5.60 Å². The second-order valence-electron chi connectivity index (χ2n) is 6.61. The molecule has 0 atom stereocenters. The van der Waals surface area contributed by atoms with Crippen molar-refractivity contribution in [1.82, 2.24) is 15.1 Å². The molecule has 1 saturated carbocycles. The third-order valence-corrected chi connectivity index (χ3v) is 4.20. The summed E-state index contributed by atoms with van der Waals surface area (Å²) < 4.78 is 73.5. The minimum absolute atomic E-state index is 0.0106. The summed E-state index contributed by atoms with van der Waals surface area (Å²) in [5.74, 6) is -3.25. The van der Waals surface area contributed by atoms with Crippen molar-refractivity contribution >= 4 is 5.69 Å². The average Bonchev–Trinajstić information content (AvgIpc) is 3.10. The molecule has 146 valence electrons. The average molecular weight is 392 g/mol. The number of halogens is 5. The molecular formula is C15H13F5N4O3. The second-order valence-corrected chi connectivity index (χ2v) is 6.61. The van der Waals surface area contributed by atoms with E-state index in [0.717, 1.165) is 17.2 Å². The van der Waals surface area contributed by atoms with Crippen molar-refractivity contribution in [1.29, 1.82) is 0 Å². The van der Waals surface area contributed by atoms with Crippen LogP contribution in [0, 0.1) is 0 Å². The largest absolute Gasteiger partial charge is 0.482 e. The van der Waals surface area contributed by atoms with E-state index in [0.29, 0.717) is 12.8 Å². The van der Waals surface area contributed by atoms with Crippen LogP contribution in [0.2, 0.25) is 0 Å². The van der Waals surface area contributed by atoms with Crippen molar-refractivity contribution in [3.63, 3.8) is 0 Å². The maximum atomic E-state index is 13.1. The van der Waals surface area contributed by atoms with E-state index in [9.17, 15) is 27.1 Å². The van der Waals surface area contributed by atoms with Gasteiger partial charge in [0.1, 0.15) is 17.0 Å². The van der Waals surface area contributed by atoms with Crippen molar-refractivity contribution < 1.29 is 36.3 Å². The molecule has 2 aromatic heterocycles. The Bertz CT molecular complexity index is 857. The van der Waals surface area contributed by atoms with Crippen molar-refractivity contribution in [3.05, 3.63) is 18.2 Å². The highest BCUT2D eigenvalue weighted by atomic mass is 19.4. The molecule has 0 spiro atoms. The maximum Gasteiger partial charge on any atom is 0.422 e. The lowest BCUT2D eigenvalue weighted by Crippen LogP contribution is -2.56. The lowest BCUT2D eigenvalue weighted by molar-refractivity contribution is -0.153. The molecule has 12 heteroatoms. The Balaban J connectivity index is 1.62. The Morgan fingerprint density at radius 1 is 1.26 bits per heavy atom. The van der Waals surface area contributed by atoms with Gasteiger partial charge in [-0.2, -0.15) is 18.2 Å². The predicted octanol–water partition coefficient (Wildman–Crippen LogP) is 2.51. The zero-order chi connectivity index (χ0) is 19.4. The van der Waals surface area contributed by atoms with Crippen LogP contribution in [-0.4, -0.2) is 52.0 Å². The van der Waals surface area contributed by atoms with Crippen LogP contribution >= 0.6 is 0 Å². The molecule has 4 rings (SSSR count).